The Kier molecular flexibility index (Phi) is 4.83. The van der Waals surface area contributed by atoms with E-state index in [0.717, 1.165) is 17.8 Å². The van der Waals surface area contributed by atoms with Gasteiger partial charge in [-0.05, 0) is 37.3 Å². The monoisotopic (exact) mass is 379 g/mol. The SMILES string of the molecule is C[C@H]1CCCCN1Cc1cc(=O)n2[nH]c(-c3ccc(C(C)(C)C)cc3)nc2n1. The van der Waals surface area contributed by atoms with E-state index in [2.05, 4.69) is 59.8 Å². The largest absolute Gasteiger partial charge is 0.295 e. The maximum atomic E-state index is 12.6. The van der Waals surface area contributed by atoms with E-state index in [0.29, 0.717) is 24.2 Å². The number of piperidine rings is 1. The van der Waals surface area contributed by atoms with E-state index in [1.54, 1.807) is 6.07 Å². The molecule has 1 saturated heterocycles. The average Bonchev–Trinajstić information content (AvgIpc) is 3.08. The van der Waals surface area contributed by atoms with Gasteiger partial charge in [0.05, 0.1) is 5.69 Å². The molecule has 0 saturated carbocycles. The smallest absolute Gasteiger partial charge is 0.274 e. The molecule has 6 heteroatoms. The topological polar surface area (TPSA) is 66.3 Å². The molecule has 1 N–H and O–H groups in total. The number of nitrogens with one attached hydrogen (secondary N) is 1. The molecule has 28 heavy (non-hydrogen) atoms. The number of benzene rings is 1. The van der Waals surface area contributed by atoms with E-state index >= 15 is 0 Å². The lowest BCUT2D eigenvalue weighted by molar-refractivity contribution is 0.151. The lowest BCUT2D eigenvalue weighted by Gasteiger charge is -2.32. The summed E-state index contributed by atoms with van der Waals surface area (Å²) in [5.41, 5.74) is 2.99. The Hall–Kier alpha value is -2.47. The fourth-order valence-electron chi connectivity index (χ4n) is 3.87. The second kappa shape index (κ2) is 7.17. The third-order valence-corrected chi connectivity index (χ3v) is 5.71. The first-order chi connectivity index (χ1) is 13.3. The lowest BCUT2D eigenvalue weighted by Crippen LogP contribution is -2.37. The second-order valence-electron chi connectivity index (χ2n) is 8.94. The molecule has 0 amide bonds. The Balaban J connectivity index is 1.64. The molecule has 0 radical (unpaired) electrons. The van der Waals surface area contributed by atoms with Crippen molar-refractivity contribution in [2.45, 2.75) is 65.0 Å². The van der Waals surface area contributed by atoms with Gasteiger partial charge < -0.3 is 0 Å². The predicted molar refractivity (Wildman–Crippen MR) is 111 cm³/mol. The molecule has 148 valence electrons. The number of likely N-dealkylation sites (tertiary alicyclic amines) is 1. The van der Waals surface area contributed by atoms with E-state index in [9.17, 15) is 4.79 Å². The maximum absolute atomic E-state index is 12.6. The van der Waals surface area contributed by atoms with E-state index in [-0.39, 0.29) is 11.0 Å². The highest BCUT2D eigenvalue weighted by Gasteiger charge is 2.20. The standard InChI is InChI=1S/C22H29N5O/c1-15-7-5-6-12-26(15)14-18-13-19(28)27-21(23-18)24-20(25-27)16-8-10-17(11-9-16)22(2,3)4/h8-11,13,15H,5-7,12,14H2,1-4H3,(H,23,24,25)/t15-/m0/s1. The molecule has 1 atom stereocenters. The molecule has 0 spiro atoms. The normalized spacial score (nSPS) is 18.6. The summed E-state index contributed by atoms with van der Waals surface area (Å²) in [6.07, 6.45) is 3.70. The Labute approximate surface area is 165 Å². The van der Waals surface area contributed by atoms with Crippen LogP contribution in [0.15, 0.2) is 35.1 Å². The van der Waals surface area contributed by atoms with Crippen molar-refractivity contribution in [1.82, 2.24) is 24.5 Å². The number of fused-ring (bicyclic) bond motifs is 1. The van der Waals surface area contributed by atoms with Crippen molar-refractivity contribution in [2.24, 2.45) is 0 Å². The van der Waals surface area contributed by atoms with Gasteiger partial charge in [-0.15, -0.1) is 0 Å². The number of hydrogen-bond acceptors (Lipinski definition) is 4. The molecule has 4 rings (SSSR count). The molecule has 1 fully saturated rings. The van der Waals surface area contributed by atoms with E-state index in [4.69, 9.17) is 0 Å². The summed E-state index contributed by atoms with van der Waals surface area (Å²) < 4.78 is 1.43. The molecule has 0 bridgehead atoms. The molecule has 1 aliphatic heterocycles. The summed E-state index contributed by atoms with van der Waals surface area (Å²) in [7, 11) is 0. The quantitative estimate of drug-likeness (QED) is 0.752. The van der Waals surface area contributed by atoms with Crippen LogP contribution in [0.1, 0.15) is 58.2 Å². The summed E-state index contributed by atoms with van der Waals surface area (Å²) in [6.45, 7) is 10.6. The molecule has 3 heterocycles. The fraction of sp³-hybridized carbons (Fsp3) is 0.500. The minimum atomic E-state index is -0.116. The molecule has 1 aromatic carbocycles. The summed E-state index contributed by atoms with van der Waals surface area (Å²) in [4.78, 5) is 24.2. The van der Waals surface area contributed by atoms with Gasteiger partial charge in [-0.1, -0.05) is 51.5 Å². The Morgan fingerprint density at radius 1 is 1.14 bits per heavy atom. The molecule has 2 aromatic heterocycles. The van der Waals surface area contributed by atoms with E-state index in [1.165, 1.54) is 29.3 Å². The van der Waals surface area contributed by atoms with Gasteiger partial charge in [0.1, 0.15) is 0 Å². The third-order valence-electron chi connectivity index (χ3n) is 5.71. The summed E-state index contributed by atoms with van der Waals surface area (Å²) in [5.74, 6) is 1.09. The van der Waals surface area contributed by atoms with Gasteiger partial charge in [0.15, 0.2) is 5.82 Å². The Morgan fingerprint density at radius 2 is 1.89 bits per heavy atom. The highest BCUT2D eigenvalue weighted by Crippen LogP contribution is 2.25. The molecular formula is C22H29N5O. The van der Waals surface area contributed by atoms with Crippen LogP contribution in [0, 0.1) is 0 Å². The maximum Gasteiger partial charge on any atom is 0.274 e. The van der Waals surface area contributed by atoms with Crippen LogP contribution in [-0.2, 0) is 12.0 Å². The van der Waals surface area contributed by atoms with Gasteiger partial charge in [0, 0.05) is 24.2 Å². The summed E-state index contributed by atoms with van der Waals surface area (Å²) >= 11 is 0. The molecule has 1 aliphatic rings. The van der Waals surface area contributed by atoms with Crippen LogP contribution in [0.2, 0.25) is 0 Å². The molecule has 0 aliphatic carbocycles. The van der Waals surface area contributed by atoms with Crippen LogP contribution in [0.5, 0.6) is 0 Å². The van der Waals surface area contributed by atoms with E-state index in [1.807, 2.05) is 12.1 Å². The van der Waals surface area contributed by atoms with Crippen LogP contribution >= 0.6 is 0 Å². The van der Waals surface area contributed by atoms with Crippen molar-refractivity contribution in [1.29, 1.82) is 0 Å². The molecule has 0 unspecified atom stereocenters. The van der Waals surface area contributed by atoms with Crippen molar-refractivity contribution < 1.29 is 0 Å². The van der Waals surface area contributed by atoms with Gasteiger partial charge in [0.2, 0.25) is 0 Å². The van der Waals surface area contributed by atoms with Crippen molar-refractivity contribution in [3.8, 4) is 11.4 Å². The highest BCUT2D eigenvalue weighted by molar-refractivity contribution is 5.57. The third kappa shape index (κ3) is 3.74. The van der Waals surface area contributed by atoms with Crippen LogP contribution < -0.4 is 5.56 Å². The lowest BCUT2D eigenvalue weighted by atomic mass is 9.87. The zero-order chi connectivity index (χ0) is 19.9. The van der Waals surface area contributed by atoms with Gasteiger partial charge in [0.25, 0.3) is 11.3 Å². The summed E-state index contributed by atoms with van der Waals surface area (Å²) in [5, 5.41) is 3.09. The number of aromatic nitrogens is 4. The number of rotatable bonds is 3. The van der Waals surface area contributed by atoms with Crippen molar-refractivity contribution in [3.63, 3.8) is 0 Å². The summed E-state index contributed by atoms with van der Waals surface area (Å²) in [6, 6.07) is 10.5. The van der Waals surface area contributed by atoms with Gasteiger partial charge in [-0.25, -0.2) is 4.98 Å². The van der Waals surface area contributed by atoms with E-state index < -0.39 is 0 Å². The Morgan fingerprint density at radius 3 is 2.57 bits per heavy atom. The minimum absolute atomic E-state index is 0.103. The molecule has 6 nitrogen and oxygen atoms in total. The number of nitrogens with zero attached hydrogens (tertiary/aromatic N) is 4. The Bertz CT molecular complexity index is 1030. The molecular weight excluding hydrogens is 350 g/mol. The molecule has 3 aromatic rings. The van der Waals surface area contributed by atoms with Gasteiger partial charge >= 0.3 is 0 Å². The van der Waals surface area contributed by atoms with Crippen LogP contribution in [0.3, 0.4) is 0 Å². The second-order valence-corrected chi connectivity index (χ2v) is 8.94. The number of aromatic amines is 1. The first-order valence-corrected chi connectivity index (χ1v) is 10.1. The van der Waals surface area contributed by atoms with Crippen LogP contribution in [0.4, 0.5) is 0 Å². The van der Waals surface area contributed by atoms with Crippen molar-refractivity contribution in [3.05, 3.63) is 51.9 Å². The zero-order valence-electron chi connectivity index (χ0n) is 17.2. The minimum Gasteiger partial charge on any atom is -0.295 e. The first-order valence-electron chi connectivity index (χ1n) is 10.1. The number of H-pyrrole nitrogens is 1. The van der Waals surface area contributed by atoms with Gasteiger partial charge in [-0.3, -0.25) is 14.8 Å². The van der Waals surface area contributed by atoms with Crippen molar-refractivity contribution >= 4 is 5.78 Å². The first kappa shape index (κ1) is 18.9. The fourth-order valence-corrected chi connectivity index (χ4v) is 3.87. The van der Waals surface area contributed by atoms with Crippen LogP contribution in [-0.4, -0.2) is 37.1 Å². The van der Waals surface area contributed by atoms with Gasteiger partial charge in [-0.2, -0.15) is 9.50 Å². The highest BCUT2D eigenvalue weighted by atomic mass is 16.1. The zero-order valence-corrected chi connectivity index (χ0v) is 17.2. The average molecular weight is 380 g/mol. The number of hydrogen-bond donors (Lipinski definition) is 1. The van der Waals surface area contributed by atoms with Crippen LogP contribution in [0.25, 0.3) is 17.2 Å². The predicted octanol–water partition coefficient (Wildman–Crippen LogP) is 3.76. The van der Waals surface area contributed by atoms with Crippen molar-refractivity contribution in [2.75, 3.05) is 6.54 Å².